The van der Waals surface area contributed by atoms with E-state index in [0.29, 0.717) is 12.1 Å². The van der Waals surface area contributed by atoms with E-state index in [-0.39, 0.29) is 12.4 Å². The topological polar surface area (TPSA) is 72.9 Å². The molecule has 1 saturated carbocycles. The molecule has 7 heteroatoms. The minimum absolute atomic E-state index is 0. The molecule has 2 N–H and O–H groups in total. The van der Waals surface area contributed by atoms with Crippen molar-refractivity contribution in [1.29, 1.82) is 0 Å². The lowest BCUT2D eigenvalue weighted by Crippen LogP contribution is -2.27. The van der Waals surface area contributed by atoms with Crippen molar-refractivity contribution in [2.45, 2.75) is 37.9 Å². The van der Waals surface area contributed by atoms with Crippen LogP contribution in [-0.2, 0) is 6.54 Å². The summed E-state index contributed by atoms with van der Waals surface area (Å²) in [6.45, 7) is 2.88. The van der Waals surface area contributed by atoms with E-state index < -0.39 is 0 Å². The summed E-state index contributed by atoms with van der Waals surface area (Å²) >= 11 is 0. The average Bonchev–Trinajstić information content (AvgIpc) is 2.83. The Hall–Kier alpha value is -0.720. The number of hydrogen-bond donors (Lipinski definition) is 1. The van der Waals surface area contributed by atoms with Gasteiger partial charge in [-0.25, -0.2) is 4.68 Å². The van der Waals surface area contributed by atoms with Crippen LogP contribution in [0.15, 0.2) is 0 Å². The summed E-state index contributed by atoms with van der Waals surface area (Å²) in [5, 5.41) is 11.9. The molecule has 0 aromatic carbocycles. The molecule has 6 nitrogen and oxygen atoms in total. The Labute approximate surface area is 101 Å². The van der Waals surface area contributed by atoms with Gasteiger partial charge in [-0.1, -0.05) is 0 Å². The molecule has 16 heavy (non-hydrogen) atoms. The van der Waals surface area contributed by atoms with Crippen LogP contribution in [0.2, 0.25) is 0 Å². The first-order valence-electron chi connectivity index (χ1n) is 5.57. The van der Waals surface area contributed by atoms with Crippen molar-refractivity contribution in [2.75, 3.05) is 13.1 Å². The third-order valence-electron chi connectivity index (χ3n) is 3.13. The molecule has 2 fully saturated rings. The van der Waals surface area contributed by atoms with Gasteiger partial charge in [0.05, 0.1) is 12.6 Å². The number of nitrogens with two attached hydrogens (primary N) is 1. The molecule has 1 aliphatic carbocycles. The van der Waals surface area contributed by atoms with E-state index in [1.807, 2.05) is 4.68 Å². The summed E-state index contributed by atoms with van der Waals surface area (Å²) in [5.41, 5.74) is 5.86. The van der Waals surface area contributed by atoms with E-state index in [9.17, 15) is 0 Å². The van der Waals surface area contributed by atoms with Crippen molar-refractivity contribution >= 4 is 12.4 Å². The van der Waals surface area contributed by atoms with Crippen molar-refractivity contribution in [2.24, 2.45) is 5.73 Å². The van der Waals surface area contributed by atoms with Gasteiger partial charge >= 0.3 is 0 Å². The predicted octanol–water partition coefficient (Wildman–Crippen LogP) is -0.0372. The van der Waals surface area contributed by atoms with Gasteiger partial charge in [0.15, 0.2) is 5.82 Å². The van der Waals surface area contributed by atoms with Gasteiger partial charge in [-0.3, -0.25) is 4.90 Å². The zero-order valence-corrected chi connectivity index (χ0v) is 9.94. The van der Waals surface area contributed by atoms with Gasteiger partial charge in [-0.05, 0) is 29.7 Å². The highest BCUT2D eigenvalue weighted by Crippen LogP contribution is 2.34. The lowest BCUT2D eigenvalue weighted by Gasteiger charge is -2.13. The molecule has 90 valence electrons. The second-order valence-corrected chi connectivity index (χ2v) is 4.55. The van der Waals surface area contributed by atoms with Crippen molar-refractivity contribution in [1.82, 2.24) is 25.1 Å². The molecule has 0 bridgehead atoms. The Morgan fingerprint density at radius 1 is 1.31 bits per heavy atom. The normalized spacial score (nSPS) is 25.7. The minimum Gasteiger partial charge on any atom is -0.326 e. The van der Waals surface area contributed by atoms with E-state index in [2.05, 4.69) is 20.4 Å². The summed E-state index contributed by atoms with van der Waals surface area (Å²) in [5.74, 6) is 0.992. The fourth-order valence-electron chi connectivity index (χ4n) is 2.13. The molecule has 0 amide bonds. The zero-order valence-electron chi connectivity index (χ0n) is 9.12. The van der Waals surface area contributed by atoms with Crippen LogP contribution in [-0.4, -0.2) is 44.2 Å². The molecule has 1 aromatic heterocycles. The first kappa shape index (κ1) is 11.8. The smallest absolute Gasteiger partial charge is 0.165 e. The number of halogens is 1. The van der Waals surface area contributed by atoms with E-state index in [1.165, 1.54) is 12.8 Å². The lowest BCUT2D eigenvalue weighted by molar-refractivity contribution is 0.309. The maximum Gasteiger partial charge on any atom is 0.165 e. The number of likely N-dealkylation sites (tertiary alicyclic amines) is 1. The third kappa shape index (κ3) is 2.34. The SMILES string of the molecule is Cl.N[C@@H]1CCN(Cc2nnnn2C2CC2)C1. The van der Waals surface area contributed by atoms with Gasteiger partial charge in [-0.2, -0.15) is 0 Å². The molecule has 1 saturated heterocycles. The molecular weight excluding hydrogens is 228 g/mol. The number of tetrazole rings is 1. The Balaban J connectivity index is 0.000000963. The third-order valence-corrected chi connectivity index (χ3v) is 3.13. The molecule has 0 spiro atoms. The van der Waals surface area contributed by atoms with Gasteiger partial charge < -0.3 is 5.73 Å². The first-order valence-corrected chi connectivity index (χ1v) is 5.57. The lowest BCUT2D eigenvalue weighted by atomic mass is 10.3. The number of hydrogen-bond acceptors (Lipinski definition) is 5. The molecule has 1 atom stereocenters. The maximum atomic E-state index is 5.86. The molecular formula is C9H17ClN6. The Morgan fingerprint density at radius 3 is 2.75 bits per heavy atom. The van der Waals surface area contributed by atoms with E-state index >= 15 is 0 Å². The molecule has 3 rings (SSSR count). The number of rotatable bonds is 3. The molecule has 1 aromatic rings. The fraction of sp³-hybridized carbons (Fsp3) is 0.889. The van der Waals surface area contributed by atoms with Gasteiger partial charge in [-0.15, -0.1) is 17.5 Å². The van der Waals surface area contributed by atoms with Crippen LogP contribution in [0.1, 0.15) is 31.1 Å². The largest absolute Gasteiger partial charge is 0.326 e. The van der Waals surface area contributed by atoms with Crippen molar-refractivity contribution < 1.29 is 0 Å². The fourth-order valence-corrected chi connectivity index (χ4v) is 2.13. The Kier molecular flexibility index (Phi) is 3.41. The molecule has 0 radical (unpaired) electrons. The van der Waals surface area contributed by atoms with Crippen LogP contribution in [0.5, 0.6) is 0 Å². The summed E-state index contributed by atoms with van der Waals surface area (Å²) in [6.07, 6.45) is 3.53. The number of aromatic nitrogens is 4. The summed E-state index contributed by atoms with van der Waals surface area (Å²) in [7, 11) is 0. The van der Waals surface area contributed by atoms with E-state index in [4.69, 9.17) is 5.73 Å². The van der Waals surface area contributed by atoms with Gasteiger partial charge in [0.25, 0.3) is 0 Å². The second-order valence-electron chi connectivity index (χ2n) is 4.55. The average molecular weight is 245 g/mol. The zero-order chi connectivity index (χ0) is 10.3. The first-order chi connectivity index (χ1) is 7.33. The van der Waals surface area contributed by atoms with Crippen LogP contribution in [0, 0.1) is 0 Å². The van der Waals surface area contributed by atoms with Crippen LogP contribution in [0.25, 0.3) is 0 Å². The summed E-state index contributed by atoms with van der Waals surface area (Å²) in [6, 6.07) is 0.890. The molecule has 0 unspecified atom stereocenters. The summed E-state index contributed by atoms with van der Waals surface area (Å²) < 4.78 is 1.98. The Morgan fingerprint density at radius 2 is 2.12 bits per heavy atom. The van der Waals surface area contributed by atoms with Crippen molar-refractivity contribution in [3.8, 4) is 0 Å². The minimum atomic E-state index is 0. The van der Waals surface area contributed by atoms with Gasteiger partial charge in [0.2, 0.25) is 0 Å². The highest BCUT2D eigenvalue weighted by Gasteiger charge is 2.29. The van der Waals surface area contributed by atoms with Crippen LogP contribution < -0.4 is 5.73 Å². The quantitative estimate of drug-likeness (QED) is 0.808. The van der Waals surface area contributed by atoms with Crippen molar-refractivity contribution in [3.05, 3.63) is 5.82 Å². The predicted molar refractivity (Wildman–Crippen MR) is 61.2 cm³/mol. The van der Waals surface area contributed by atoms with Gasteiger partial charge in [0.1, 0.15) is 0 Å². The summed E-state index contributed by atoms with van der Waals surface area (Å²) in [4.78, 5) is 2.33. The Bertz CT molecular complexity index is 350. The standard InChI is InChI=1S/C9H16N6.ClH/c10-7-3-4-14(5-7)6-9-11-12-13-15(9)8-1-2-8;/h7-8H,1-6,10H2;1H/t7-;/m1./s1. The highest BCUT2D eigenvalue weighted by molar-refractivity contribution is 5.85. The van der Waals surface area contributed by atoms with Crippen molar-refractivity contribution in [3.63, 3.8) is 0 Å². The number of nitrogens with zero attached hydrogens (tertiary/aromatic N) is 5. The van der Waals surface area contributed by atoms with Gasteiger partial charge in [0, 0.05) is 19.1 Å². The maximum absolute atomic E-state index is 5.86. The highest BCUT2D eigenvalue weighted by atomic mass is 35.5. The van der Waals surface area contributed by atoms with E-state index in [0.717, 1.165) is 31.9 Å². The molecule has 1 aliphatic heterocycles. The van der Waals surface area contributed by atoms with E-state index in [1.54, 1.807) is 0 Å². The molecule has 2 heterocycles. The second kappa shape index (κ2) is 4.65. The van der Waals surface area contributed by atoms with Crippen LogP contribution in [0.4, 0.5) is 0 Å². The monoisotopic (exact) mass is 244 g/mol. The van der Waals surface area contributed by atoms with Crippen LogP contribution in [0.3, 0.4) is 0 Å². The van der Waals surface area contributed by atoms with Crippen LogP contribution >= 0.6 is 12.4 Å². The molecule has 2 aliphatic rings.